The normalized spacial score (nSPS) is 9.67. The van der Waals surface area contributed by atoms with Gasteiger partial charge in [0.05, 0.1) is 7.11 Å². The number of rotatable bonds is 5. The summed E-state index contributed by atoms with van der Waals surface area (Å²) >= 11 is 0. The summed E-state index contributed by atoms with van der Waals surface area (Å²) in [6.45, 7) is 0.00115. The quantitative estimate of drug-likeness (QED) is 0.667. The molecule has 98 valence electrons. The molecule has 7 heteroatoms. The highest BCUT2D eigenvalue weighted by Gasteiger charge is 2.09. The number of urea groups is 1. The molecule has 0 bridgehead atoms. The predicted octanol–water partition coefficient (Wildman–Crippen LogP) is -0.272. The maximum atomic E-state index is 11.2. The molecule has 0 saturated carbocycles. The zero-order chi connectivity index (χ0) is 13.5. The number of primary amides is 1. The zero-order valence-electron chi connectivity index (χ0n) is 9.93. The standard InChI is InChI=1S/C11H15N3O4/c1-17-8-3-2-7(5-12)4-9(8)18-6-10(15)14-11(13)16/h2-4H,5-6,12H2,1H3,(H3,13,14,15,16). The van der Waals surface area contributed by atoms with Crippen molar-refractivity contribution in [3.05, 3.63) is 23.8 Å². The number of ether oxygens (including phenoxy) is 2. The Balaban J connectivity index is 2.70. The molecule has 0 aromatic heterocycles. The maximum Gasteiger partial charge on any atom is 0.318 e. The molecule has 0 heterocycles. The van der Waals surface area contributed by atoms with Crippen molar-refractivity contribution in [2.24, 2.45) is 11.5 Å². The van der Waals surface area contributed by atoms with E-state index in [1.165, 1.54) is 7.11 Å². The zero-order valence-corrected chi connectivity index (χ0v) is 9.93. The molecule has 0 fully saturated rings. The second-order valence-corrected chi connectivity index (χ2v) is 3.39. The fraction of sp³-hybridized carbons (Fsp3) is 0.273. The molecule has 0 spiro atoms. The summed E-state index contributed by atoms with van der Waals surface area (Å²) in [5.41, 5.74) is 11.1. The number of nitrogens with one attached hydrogen (secondary N) is 1. The third-order valence-corrected chi connectivity index (χ3v) is 2.09. The van der Waals surface area contributed by atoms with E-state index < -0.39 is 11.9 Å². The predicted molar refractivity (Wildman–Crippen MR) is 64.1 cm³/mol. The summed E-state index contributed by atoms with van der Waals surface area (Å²) in [5.74, 6) is 0.210. The van der Waals surface area contributed by atoms with Crippen LogP contribution in [0.5, 0.6) is 11.5 Å². The number of imide groups is 1. The molecule has 1 aromatic rings. The molecular formula is C11H15N3O4. The molecule has 1 rings (SSSR count). The smallest absolute Gasteiger partial charge is 0.318 e. The van der Waals surface area contributed by atoms with Crippen LogP contribution in [0.25, 0.3) is 0 Å². The van der Waals surface area contributed by atoms with Gasteiger partial charge in [-0.05, 0) is 17.7 Å². The molecule has 18 heavy (non-hydrogen) atoms. The van der Waals surface area contributed by atoms with Crippen LogP contribution in [-0.4, -0.2) is 25.7 Å². The van der Waals surface area contributed by atoms with Crippen molar-refractivity contribution in [3.8, 4) is 11.5 Å². The van der Waals surface area contributed by atoms with Crippen LogP contribution in [0.15, 0.2) is 18.2 Å². The first-order chi connectivity index (χ1) is 8.56. The topological polar surface area (TPSA) is 117 Å². The van der Waals surface area contributed by atoms with Crippen molar-refractivity contribution in [2.75, 3.05) is 13.7 Å². The van der Waals surface area contributed by atoms with Gasteiger partial charge in [-0.25, -0.2) is 4.79 Å². The fourth-order valence-corrected chi connectivity index (χ4v) is 1.28. The number of benzene rings is 1. The van der Waals surface area contributed by atoms with Gasteiger partial charge in [-0.1, -0.05) is 6.07 Å². The van der Waals surface area contributed by atoms with Crippen LogP contribution < -0.4 is 26.3 Å². The Morgan fingerprint density at radius 1 is 1.33 bits per heavy atom. The van der Waals surface area contributed by atoms with Gasteiger partial charge in [0, 0.05) is 6.54 Å². The number of hydrogen-bond donors (Lipinski definition) is 3. The average Bonchev–Trinajstić information content (AvgIpc) is 2.35. The first kappa shape index (κ1) is 13.8. The third-order valence-electron chi connectivity index (χ3n) is 2.09. The van der Waals surface area contributed by atoms with Crippen molar-refractivity contribution in [3.63, 3.8) is 0 Å². The molecule has 5 N–H and O–H groups in total. The molecule has 7 nitrogen and oxygen atoms in total. The summed E-state index contributed by atoms with van der Waals surface area (Å²) in [4.78, 5) is 21.6. The average molecular weight is 253 g/mol. The molecule has 0 saturated heterocycles. The summed E-state index contributed by atoms with van der Waals surface area (Å²) in [6, 6.07) is 4.21. The highest BCUT2D eigenvalue weighted by atomic mass is 16.5. The van der Waals surface area contributed by atoms with Crippen LogP contribution in [0.1, 0.15) is 5.56 Å². The van der Waals surface area contributed by atoms with Gasteiger partial charge in [0.25, 0.3) is 5.91 Å². The lowest BCUT2D eigenvalue weighted by Gasteiger charge is -2.11. The Labute approximate surface area is 104 Å². The molecule has 0 radical (unpaired) electrons. The number of nitrogens with two attached hydrogens (primary N) is 2. The number of amides is 3. The number of carbonyl (C=O) groups excluding carboxylic acids is 2. The van der Waals surface area contributed by atoms with Gasteiger partial charge in [-0.2, -0.15) is 0 Å². The first-order valence-corrected chi connectivity index (χ1v) is 5.16. The van der Waals surface area contributed by atoms with Crippen molar-refractivity contribution >= 4 is 11.9 Å². The lowest BCUT2D eigenvalue weighted by atomic mass is 10.2. The Bertz CT molecular complexity index is 448. The summed E-state index contributed by atoms with van der Waals surface area (Å²) in [7, 11) is 1.48. The van der Waals surface area contributed by atoms with Crippen molar-refractivity contribution in [2.45, 2.75) is 6.54 Å². The van der Waals surface area contributed by atoms with Crippen molar-refractivity contribution in [1.29, 1.82) is 0 Å². The first-order valence-electron chi connectivity index (χ1n) is 5.16. The van der Waals surface area contributed by atoms with E-state index in [9.17, 15) is 9.59 Å². The SMILES string of the molecule is COc1ccc(CN)cc1OCC(=O)NC(N)=O. The van der Waals surface area contributed by atoms with Crippen molar-refractivity contribution in [1.82, 2.24) is 5.32 Å². The summed E-state index contributed by atoms with van der Waals surface area (Å²) in [5, 5.41) is 1.89. The monoisotopic (exact) mass is 253 g/mol. The molecule has 0 aliphatic rings. The lowest BCUT2D eigenvalue weighted by Crippen LogP contribution is -2.38. The Kier molecular flexibility index (Phi) is 4.94. The van der Waals surface area contributed by atoms with E-state index in [0.717, 1.165) is 5.56 Å². The van der Waals surface area contributed by atoms with Gasteiger partial charge >= 0.3 is 6.03 Å². The molecule has 1 aromatic carbocycles. The largest absolute Gasteiger partial charge is 0.493 e. The van der Waals surface area contributed by atoms with Crippen LogP contribution >= 0.6 is 0 Å². The van der Waals surface area contributed by atoms with Gasteiger partial charge in [0.15, 0.2) is 18.1 Å². The van der Waals surface area contributed by atoms with Crippen LogP contribution in [0.3, 0.4) is 0 Å². The second-order valence-electron chi connectivity index (χ2n) is 3.39. The molecular weight excluding hydrogens is 238 g/mol. The van der Waals surface area contributed by atoms with E-state index >= 15 is 0 Å². The number of carbonyl (C=O) groups is 2. The van der Waals surface area contributed by atoms with E-state index in [2.05, 4.69) is 0 Å². The van der Waals surface area contributed by atoms with Crippen LogP contribution in [-0.2, 0) is 11.3 Å². The van der Waals surface area contributed by atoms with E-state index in [0.29, 0.717) is 18.0 Å². The fourth-order valence-electron chi connectivity index (χ4n) is 1.28. The summed E-state index contributed by atoms with van der Waals surface area (Å²) < 4.78 is 10.3. The molecule has 0 atom stereocenters. The van der Waals surface area contributed by atoms with Crippen LogP contribution in [0.2, 0.25) is 0 Å². The third kappa shape index (κ3) is 3.95. The molecule has 0 aliphatic heterocycles. The van der Waals surface area contributed by atoms with E-state index in [-0.39, 0.29) is 6.61 Å². The van der Waals surface area contributed by atoms with Crippen LogP contribution in [0.4, 0.5) is 4.79 Å². The van der Waals surface area contributed by atoms with Gasteiger partial charge in [0.1, 0.15) is 0 Å². The van der Waals surface area contributed by atoms with E-state index in [1.807, 2.05) is 5.32 Å². The molecule has 0 unspecified atom stereocenters. The molecule has 3 amide bonds. The van der Waals surface area contributed by atoms with E-state index in [1.54, 1.807) is 18.2 Å². The Hall–Kier alpha value is -2.28. The minimum atomic E-state index is -0.925. The Morgan fingerprint density at radius 2 is 2.06 bits per heavy atom. The minimum Gasteiger partial charge on any atom is -0.493 e. The Morgan fingerprint density at radius 3 is 2.61 bits per heavy atom. The highest BCUT2D eigenvalue weighted by Crippen LogP contribution is 2.27. The van der Waals surface area contributed by atoms with Crippen LogP contribution in [0, 0.1) is 0 Å². The van der Waals surface area contributed by atoms with Crippen molar-refractivity contribution < 1.29 is 19.1 Å². The minimum absolute atomic E-state index is 0.340. The van der Waals surface area contributed by atoms with Gasteiger partial charge in [-0.3, -0.25) is 10.1 Å². The lowest BCUT2D eigenvalue weighted by molar-refractivity contribution is -0.121. The van der Waals surface area contributed by atoms with Gasteiger partial charge < -0.3 is 20.9 Å². The summed E-state index contributed by atoms with van der Waals surface area (Å²) in [6.07, 6.45) is 0. The number of hydrogen-bond acceptors (Lipinski definition) is 5. The maximum absolute atomic E-state index is 11.2. The van der Waals surface area contributed by atoms with E-state index in [4.69, 9.17) is 20.9 Å². The molecule has 0 aliphatic carbocycles. The number of methoxy groups -OCH3 is 1. The van der Waals surface area contributed by atoms with Gasteiger partial charge in [-0.15, -0.1) is 0 Å². The van der Waals surface area contributed by atoms with Gasteiger partial charge in [0.2, 0.25) is 0 Å². The second kappa shape index (κ2) is 6.45. The highest BCUT2D eigenvalue weighted by molar-refractivity contribution is 5.94.